The van der Waals surface area contributed by atoms with E-state index in [9.17, 15) is 4.79 Å². The van der Waals surface area contributed by atoms with E-state index in [1.165, 1.54) is 24.4 Å². The van der Waals surface area contributed by atoms with Crippen LogP contribution in [0.2, 0.25) is 0 Å². The van der Waals surface area contributed by atoms with Crippen molar-refractivity contribution in [1.82, 2.24) is 14.8 Å². The largest absolute Gasteiger partial charge is 0.486 e. The van der Waals surface area contributed by atoms with Crippen LogP contribution in [-0.4, -0.2) is 75.4 Å². The van der Waals surface area contributed by atoms with Gasteiger partial charge in [-0.25, -0.2) is 8.78 Å². The summed E-state index contributed by atoms with van der Waals surface area (Å²) in [5.74, 6) is -1.77. The Labute approximate surface area is 235 Å². The maximum atomic E-state index is 15.4. The predicted molar refractivity (Wildman–Crippen MR) is 153 cm³/mol. The molecule has 1 aromatic heterocycles. The molecule has 1 amide bonds. The zero-order chi connectivity index (χ0) is 28.6. The summed E-state index contributed by atoms with van der Waals surface area (Å²) in [7, 11) is 14.0. The number of fused-ring (bicyclic) bond motifs is 1. The first-order chi connectivity index (χ1) is 19.1. The van der Waals surface area contributed by atoms with Gasteiger partial charge in [-0.05, 0) is 60.5 Å². The van der Waals surface area contributed by atoms with Crippen molar-refractivity contribution >= 4 is 33.5 Å². The number of amides is 1. The zero-order valence-electron chi connectivity index (χ0n) is 22.5. The Morgan fingerprint density at radius 2 is 1.93 bits per heavy atom. The number of rotatable bonds is 9. The molecule has 0 aliphatic carbocycles. The van der Waals surface area contributed by atoms with Crippen LogP contribution in [0, 0.1) is 11.6 Å². The van der Waals surface area contributed by atoms with Gasteiger partial charge < -0.3 is 15.4 Å². The molecular formula is C29H29B2F2N5O2. The van der Waals surface area contributed by atoms with Gasteiger partial charge in [-0.1, -0.05) is 13.3 Å². The molecule has 0 bridgehead atoms. The van der Waals surface area contributed by atoms with Crippen molar-refractivity contribution in [3.05, 3.63) is 76.6 Å². The van der Waals surface area contributed by atoms with Crippen LogP contribution >= 0.6 is 0 Å². The summed E-state index contributed by atoms with van der Waals surface area (Å²) in [4.78, 5) is 24.4. The molecular weight excluding hydrogens is 510 g/mol. The SMILES string of the molecule is [B]C1([B])c2ncccc2C(=O)N1Cc1c(F)cc(-c2ccc(OC3CN(CCCC)C3)c(N)c2C=NC)cc1F. The van der Waals surface area contributed by atoms with Crippen LogP contribution in [0.5, 0.6) is 5.75 Å². The number of nitrogens with two attached hydrogens (primary N) is 1. The van der Waals surface area contributed by atoms with Crippen LogP contribution in [0.15, 0.2) is 47.6 Å². The number of unbranched alkanes of at least 4 members (excludes halogenated alkanes) is 1. The molecule has 11 heteroatoms. The highest BCUT2D eigenvalue weighted by Crippen LogP contribution is 2.38. The van der Waals surface area contributed by atoms with Crippen molar-refractivity contribution in [3.8, 4) is 16.9 Å². The highest BCUT2D eigenvalue weighted by Gasteiger charge is 2.43. The van der Waals surface area contributed by atoms with Crippen LogP contribution in [0.1, 0.15) is 46.9 Å². The highest BCUT2D eigenvalue weighted by atomic mass is 19.1. The standard InChI is InChI=1S/C29H29B2F2N5O2/c1-3-4-10-37-14-18(15-37)40-25-8-7-19(21(13-35-2)26(25)34)17-11-23(32)22(24(33)12-17)16-38-28(39)20-6-5-9-36-27(20)29(38,30)31/h5-9,11-13,18H,3-4,10,14-16,34H2,1-2H3. The second-order valence-electron chi connectivity index (χ2n) is 10.2. The number of likely N-dealkylation sites (tertiary alicyclic amines) is 1. The summed E-state index contributed by atoms with van der Waals surface area (Å²) in [5, 5.41) is -1.81. The fourth-order valence-corrected chi connectivity index (χ4v) is 5.19. The number of carbonyl (C=O) groups is 1. The molecule has 2 aromatic carbocycles. The molecule has 40 heavy (non-hydrogen) atoms. The Bertz CT molecular complexity index is 1450. The number of benzene rings is 2. The molecule has 1 fully saturated rings. The molecule has 0 unspecified atom stereocenters. The maximum absolute atomic E-state index is 15.4. The number of aromatic nitrogens is 1. The smallest absolute Gasteiger partial charge is 0.255 e. The van der Waals surface area contributed by atoms with E-state index >= 15 is 8.78 Å². The van der Waals surface area contributed by atoms with Crippen molar-refractivity contribution in [2.45, 2.75) is 37.8 Å². The van der Waals surface area contributed by atoms with E-state index in [0.717, 1.165) is 37.4 Å². The fraction of sp³-hybridized carbons (Fsp3) is 0.345. The number of hydrogen-bond donors (Lipinski definition) is 1. The van der Waals surface area contributed by atoms with Gasteiger partial charge in [0.25, 0.3) is 5.91 Å². The molecule has 5 rings (SSSR count). The van der Waals surface area contributed by atoms with Crippen LogP contribution < -0.4 is 10.5 Å². The minimum atomic E-state index is -1.81. The number of ether oxygens (including phenoxy) is 1. The van der Waals surface area contributed by atoms with Crippen molar-refractivity contribution in [2.24, 2.45) is 4.99 Å². The van der Waals surface area contributed by atoms with Gasteiger partial charge in [0.05, 0.1) is 39.2 Å². The van der Waals surface area contributed by atoms with Crippen LogP contribution in [0.25, 0.3) is 11.1 Å². The summed E-state index contributed by atoms with van der Waals surface area (Å²) in [6.45, 7) is 4.37. The minimum Gasteiger partial charge on any atom is -0.486 e. The molecule has 2 aliphatic heterocycles. The van der Waals surface area contributed by atoms with Crippen molar-refractivity contribution in [2.75, 3.05) is 32.4 Å². The van der Waals surface area contributed by atoms with Crippen molar-refractivity contribution in [1.29, 1.82) is 0 Å². The summed E-state index contributed by atoms with van der Waals surface area (Å²) >= 11 is 0. The molecule has 2 N–H and O–H groups in total. The van der Waals surface area contributed by atoms with Gasteiger partial charge in [0, 0.05) is 49.0 Å². The van der Waals surface area contributed by atoms with E-state index in [0.29, 0.717) is 22.6 Å². The van der Waals surface area contributed by atoms with Gasteiger partial charge in [0.15, 0.2) is 0 Å². The normalized spacial score (nSPS) is 16.9. The molecule has 3 heterocycles. The maximum Gasteiger partial charge on any atom is 0.255 e. The number of carbonyl (C=O) groups excluding carboxylic acids is 1. The lowest BCUT2D eigenvalue weighted by Crippen LogP contribution is -2.53. The average molecular weight is 539 g/mol. The third-order valence-corrected chi connectivity index (χ3v) is 7.43. The van der Waals surface area contributed by atoms with Gasteiger partial charge in [0.2, 0.25) is 0 Å². The molecule has 7 nitrogen and oxygen atoms in total. The lowest BCUT2D eigenvalue weighted by Gasteiger charge is -2.39. The van der Waals surface area contributed by atoms with E-state index in [2.05, 4.69) is 21.8 Å². The Balaban J connectivity index is 1.40. The molecule has 3 aromatic rings. The molecule has 202 valence electrons. The van der Waals surface area contributed by atoms with Gasteiger partial charge >= 0.3 is 0 Å². The molecule has 2 aliphatic rings. The number of hydrogen-bond acceptors (Lipinski definition) is 6. The highest BCUT2D eigenvalue weighted by molar-refractivity contribution is 6.42. The summed E-state index contributed by atoms with van der Waals surface area (Å²) in [6, 6.07) is 8.90. The van der Waals surface area contributed by atoms with Crippen LogP contribution in [-0.2, 0) is 11.9 Å². The van der Waals surface area contributed by atoms with Crippen molar-refractivity contribution in [3.63, 3.8) is 0 Å². The molecule has 1 saturated heterocycles. The first-order valence-electron chi connectivity index (χ1n) is 13.2. The monoisotopic (exact) mass is 539 g/mol. The number of aliphatic imine (C=N–C) groups is 1. The van der Waals surface area contributed by atoms with Crippen LogP contribution in [0.3, 0.4) is 0 Å². The summed E-state index contributed by atoms with van der Waals surface area (Å²) in [5.41, 5.74) is 8.02. The number of nitrogens with zero attached hydrogens (tertiary/aromatic N) is 4. The Morgan fingerprint density at radius 3 is 2.58 bits per heavy atom. The first-order valence-corrected chi connectivity index (χ1v) is 13.2. The van der Waals surface area contributed by atoms with E-state index in [1.54, 1.807) is 31.5 Å². The molecule has 0 atom stereocenters. The third-order valence-electron chi connectivity index (χ3n) is 7.43. The van der Waals surface area contributed by atoms with E-state index < -0.39 is 29.4 Å². The number of anilines is 1. The number of pyridine rings is 1. The quantitative estimate of drug-likeness (QED) is 0.255. The van der Waals surface area contributed by atoms with E-state index in [1.807, 2.05) is 0 Å². The Hall–Kier alpha value is -3.72. The van der Waals surface area contributed by atoms with Gasteiger partial charge in [-0.15, -0.1) is 0 Å². The van der Waals surface area contributed by atoms with Gasteiger partial charge in [0.1, 0.15) is 23.5 Å². The lowest BCUT2D eigenvalue weighted by atomic mass is 9.59. The zero-order valence-corrected chi connectivity index (χ0v) is 22.5. The lowest BCUT2D eigenvalue weighted by molar-refractivity contribution is 0.0198. The topological polar surface area (TPSA) is 84.1 Å². The third kappa shape index (κ3) is 4.98. The van der Waals surface area contributed by atoms with E-state index in [4.69, 9.17) is 26.2 Å². The Kier molecular flexibility index (Phi) is 7.68. The summed E-state index contributed by atoms with van der Waals surface area (Å²) < 4.78 is 37.0. The summed E-state index contributed by atoms with van der Waals surface area (Å²) in [6.07, 6.45) is 5.30. The number of halogens is 2. The minimum absolute atomic E-state index is 0.0254. The van der Waals surface area contributed by atoms with Gasteiger partial charge in [-0.2, -0.15) is 0 Å². The predicted octanol–water partition coefficient (Wildman–Crippen LogP) is 3.62. The first kappa shape index (κ1) is 27.8. The second kappa shape index (κ2) is 11.0. The molecule has 0 spiro atoms. The van der Waals surface area contributed by atoms with Gasteiger partial charge in [-0.3, -0.25) is 19.7 Å². The van der Waals surface area contributed by atoms with E-state index in [-0.39, 0.29) is 28.5 Å². The number of nitrogen functional groups attached to an aromatic ring is 1. The average Bonchev–Trinajstić information content (AvgIpc) is 3.09. The second-order valence-corrected chi connectivity index (χ2v) is 10.2. The fourth-order valence-electron chi connectivity index (χ4n) is 5.19. The Morgan fingerprint density at radius 1 is 1.20 bits per heavy atom. The van der Waals surface area contributed by atoms with Crippen molar-refractivity contribution < 1.29 is 18.3 Å². The molecule has 4 radical (unpaired) electrons. The van der Waals surface area contributed by atoms with Crippen LogP contribution in [0.4, 0.5) is 14.5 Å². The molecule has 0 saturated carbocycles.